The van der Waals surface area contributed by atoms with Crippen LogP contribution in [0.1, 0.15) is 36.0 Å². The first-order valence-corrected chi connectivity index (χ1v) is 11.3. The number of ether oxygens (including phenoxy) is 3. The summed E-state index contributed by atoms with van der Waals surface area (Å²) in [5.74, 6) is 2.75. The van der Waals surface area contributed by atoms with Gasteiger partial charge in [-0.1, -0.05) is 12.1 Å². The summed E-state index contributed by atoms with van der Waals surface area (Å²) in [5.41, 5.74) is 1.97. The Morgan fingerprint density at radius 3 is 2.68 bits per heavy atom. The molecule has 0 aromatic heterocycles. The smallest absolute Gasteiger partial charge is 0.231 e. The highest BCUT2D eigenvalue weighted by atomic mass is 16.7. The summed E-state index contributed by atoms with van der Waals surface area (Å²) in [4.78, 5) is 18.1. The number of benzene rings is 2. The second-order valence-electron chi connectivity index (χ2n) is 8.69. The average molecular weight is 423 g/mol. The SMILES string of the molecule is COc1cccc(C(=O)C2CCCN(C3CCN(c4ccc5c(c4)OCO5)CC3)C2)c1. The molecule has 6 heteroatoms. The van der Waals surface area contributed by atoms with Gasteiger partial charge in [0.05, 0.1) is 7.11 Å². The summed E-state index contributed by atoms with van der Waals surface area (Å²) in [6.45, 7) is 4.32. The van der Waals surface area contributed by atoms with Crippen LogP contribution in [0.25, 0.3) is 0 Å². The van der Waals surface area contributed by atoms with Crippen LogP contribution in [0.3, 0.4) is 0 Å². The lowest BCUT2D eigenvalue weighted by molar-refractivity contribution is 0.0719. The number of hydrogen-bond acceptors (Lipinski definition) is 6. The number of piperidine rings is 2. The van der Waals surface area contributed by atoms with Crippen molar-refractivity contribution in [1.82, 2.24) is 4.90 Å². The molecule has 0 bridgehead atoms. The molecule has 0 saturated carbocycles. The van der Waals surface area contributed by atoms with Crippen LogP contribution in [0.5, 0.6) is 17.2 Å². The Morgan fingerprint density at radius 2 is 1.84 bits per heavy atom. The summed E-state index contributed by atoms with van der Waals surface area (Å²) < 4.78 is 16.3. The number of carbonyl (C=O) groups excluding carboxylic acids is 1. The maximum Gasteiger partial charge on any atom is 0.231 e. The molecule has 0 radical (unpaired) electrons. The zero-order chi connectivity index (χ0) is 21.2. The molecular formula is C25H30N2O4. The fourth-order valence-electron chi connectivity index (χ4n) is 5.14. The minimum absolute atomic E-state index is 0.0766. The van der Waals surface area contributed by atoms with Crippen molar-refractivity contribution in [3.63, 3.8) is 0 Å². The third kappa shape index (κ3) is 4.22. The number of carbonyl (C=O) groups is 1. The molecule has 3 heterocycles. The van der Waals surface area contributed by atoms with Gasteiger partial charge in [0.25, 0.3) is 0 Å². The van der Waals surface area contributed by atoms with Crippen LogP contribution >= 0.6 is 0 Å². The number of methoxy groups -OCH3 is 1. The van der Waals surface area contributed by atoms with Crippen molar-refractivity contribution in [2.24, 2.45) is 5.92 Å². The van der Waals surface area contributed by atoms with E-state index in [1.54, 1.807) is 7.11 Å². The zero-order valence-electron chi connectivity index (χ0n) is 18.1. The number of Topliss-reactive ketones (excluding diaryl/α,β-unsaturated/α-hetero) is 1. The monoisotopic (exact) mass is 422 g/mol. The van der Waals surface area contributed by atoms with Crippen molar-refractivity contribution in [3.05, 3.63) is 48.0 Å². The van der Waals surface area contributed by atoms with Gasteiger partial charge in [-0.3, -0.25) is 9.69 Å². The quantitative estimate of drug-likeness (QED) is 0.680. The summed E-state index contributed by atoms with van der Waals surface area (Å²) in [7, 11) is 1.64. The van der Waals surface area contributed by atoms with Crippen LogP contribution in [0.4, 0.5) is 5.69 Å². The molecule has 3 aliphatic heterocycles. The standard InChI is InChI=1S/C25H30N2O4/c1-29-22-6-2-4-18(14-22)25(28)19-5-3-11-27(16-19)20-9-12-26(13-10-20)21-7-8-23-24(15-21)31-17-30-23/h2,4,6-8,14-15,19-20H,3,5,9-13,16-17H2,1H3. The van der Waals surface area contributed by atoms with Gasteiger partial charge in [0.1, 0.15) is 5.75 Å². The number of rotatable bonds is 5. The Hall–Kier alpha value is -2.73. The van der Waals surface area contributed by atoms with Crippen LogP contribution in [0.15, 0.2) is 42.5 Å². The summed E-state index contributed by atoms with van der Waals surface area (Å²) in [6, 6.07) is 14.3. The number of anilines is 1. The zero-order valence-corrected chi connectivity index (χ0v) is 18.1. The van der Waals surface area contributed by atoms with E-state index in [9.17, 15) is 4.79 Å². The maximum atomic E-state index is 13.1. The van der Waals surface area contributed by atoms with Crippen molar-refractivity contribution in [2.45, 2.75) is 31.7 Å². The van der Waals surface area contributed by atoms with Gasteiger partial charge in [0.15, 0.2) is 17.3 Å². The highest BCUT2D eigenvalue weighted by molar-refractivity contribution is 5.98. The van der Waals surface area contributed by atoms with Crippen molar-refractivity contribution in [1.29, 1.82) is 0 Å². The molecule has 2 aromatic rings. The van der Waals surface area contributed by atoms with Gasteiger partial charge >= 0.3 is 0 Å². The highest BCUT2D eigenvalue weighted by Gasteiger charge is 2.32. The molecule has 1 unspecified atom stereocenters. The van der Waals surface area contributed by atoms with Crippen molar-refractivity contribution in [2.75, 3.05) is 45.0 Å². The molecule has 0 amide bonds. The lowest BCUT2D eigenvalue weighted by Gasteiger charge is -2.42. The number of likely N-dealkylation sites (tertiary alicyclic amines) is 1. The van der Waals surface area contributed by atoms with E-state index >= 15 is 0 Å². The first-order chi connectivity index (χ1) is 15.2. The Morgan fingerprint density at radius 1 is 1.00 bits per heavy atom. The molecule has 0 aliphatic carbocycles. The van der Waals surface area contributed by atoms with Crippen molar-refractivity contribution < 1.29 is 19.0 Å². The predicted molar refractivity (Wildman–Crippen MR) is 119 cm³/mol. The van der Waals surface area contributed by atoms with E-state index in [1.807, 2.05) is 30.3 Å². The van der Waals surface area contributed by atoms with E-state index < -0.39 is 0 Å². The first kappa shape index (κ1) is 20.2. The molecule has 0 spiro atoms. The van der Waals surface area contributed by atoms with Crippen molar-refractivity contribution in [3.8, 4) is 17.2 Å². The van der Waals surface area contributed by atoms with Gasteiger partial charge in [-0.25, -0.2) is 0 Å². The van der Waals surface area contributed by atoms with Crippen LogP contribution in [-0.2, 0) is 0 Å². The van der Waals surface area contributed by atoms with E-state index in [4.69, 9.17) is 14.2 Å². The van der Waals surface area contributed by atoms with Crippen LogP contribution in [0, 0.1) is 5.92 Å². The third-order valence-corrected chi connectivity index (χ3v) is 6.88. The minimum Gasteiger partial charge on any atom is -0.497 e. The Balaban J connectivity index is 1.19. The van der Waals surface area contributed by atoms with Gasteiger partial charge in [-0.2, -0.15) is 0 Å². The average Bonchev–Trinajstić information content (AvgIpc) is 3.32. The molecular weight excluding hydrogens is 392 g/mol. The number of nitrogens with zero attached hydrogens (tertiary/aromatic N) is 2. The molecule has 5 rings (SSSR count). The molecule has 6 nitrogen and oxygen atoms in total. The molecule has 164 valence electrons. The van der Waals surface area contributed by atoms with E-state index in [2.05, 4.69) is 21.9 Å². The summed E-state index contributed by atoms with van der Waals surface area (Å²) >= 11 is 0. The fraction of sp³-hybridized carbons (Fsp3) is 0.480. The second kappa shape index (κ2) is 8.79. The van der Waals surface area contributed by atoms with E-state index in [-0.39, 0.29) is 11.7 Å². The molecule has 2 saturated heterocycles. The molecule has 0 N–H and O–H groups in total. The number of hydrogen-bond donors (Lipinski definition) is 0. The lowest BCUT2D eigenvalue weighted by Crippen LogP contribution is -2.49. The third-order valence-electron chi connectivity index (χ3n) is 6.88. The molecule has 1 atom stereocenters. The fourth-order valence-corrected chi connectivity index (χ4v) is 5.14. The predicted octanol–water partition coefficient (Wildman–Crippen LogP) is 3.99. The second-order valence-corrected chi connectivity index (χ2v) is 8.69. The maximum absolute atomic E-state index is 13.1. The van der Waals surface area contributed by atoms with Gasteiger partial charge in [-0.15, -0.1) is 0 Å². The molecule has 2 fully saturated rings. The molecule has 3 aliphatic rings. The Kier molecular flexibility index (Phi) is 5.72. The van der Waals surface area contributed by atoms with Gasteiger partial charge in [-0.05, 0) is 56.5 Å². The molecule has 31 heavy (non-hydrogen) atoms. The number of fused-ring (bicyclic) bond motifs is 1. The van der Waals surface area contributed by atoms with Crippen LogP contribution < -0.4 is 19.1 Å². The van der Waals surface area contributed by atoms with Gasteiger partial charge in [0, 0.05) is 48.9 Å². The van der Waals surface area contributed by atoms with E-state index in [1.165, 1.54) is 5.69 Å². The van der Waals surface area contributed by atoms with Crippen molar-refractivity contribution >= 4 is 11.5 Å². The number of ketones is 1. The largest absolute Gasteiger partial charge is 0.497 e. The first-order valence-electron chi connectivity index (χ1n) is 11.3. The topological polar surface area (TPSA) is 51.2 Å². The van der Waals surface area contributed by atoms with Crippen LogP contribution in [-0.4, -0.2) is 56.8 Å². The Labute approximate surface area is 183 Å². The van der Waals surface area contributed by atoms with Crippen LogP contribution in [0.2, 0.25) is 0 Å². The lowest BCUT2D eigenvalue weighted by atomic mass is 9.88. The van der Waals surface area contributed by atoms with E-state index in [0.29, 0.717) is 12.8 Å². The summed E-state index contributed by atoms with van der Waals surface area (Å²) in [5, 5.41) is 0. The normalized spacial score (nSPS) is 21.8. The Bertz CT molecular complexity index is 939. The summed E-state index contributed by atoms with van der Waals surface area (Å²) in [6.07, 6.45) is 4.30. The van der Waals surface area contributed by atoms with Gasteiger partial charge in [0.2, 0.25) is 6.79 Å². The van der Waals surface area contributed by atoms with E-state index in [0.717, 1.165) is 74.7 Å². The van der Waals surface area contributed by atoms with Gasteiger partial charge < -0.3 is 19.1 Å². The molecule has 2 aromatic carbocycles. The highest BCUT2D eigenvalue weighted by Crippen LogP contribution is 2.36. The minimum atomic E-state index is 0.0766.